The maximum Gasteiger partial charge on any atom is 0.315 e. The summed E-state index contributed by atoms with van der Waals surface area (Å²) >= 11 is 0. The van der Waals surface area contributed by atoms with E-state index >= 15 is 0 Å². The Labute approximate surface area is 79.2 Å². The topological polar surface area (TPSA) is 35.5 Å². The van der Waals surface area contributed by atoms with Crippen LogP contribution in [-0.4, -0.2) is 30.5 Å². The molecule has 0 radical (unpaired) electrons. The molecule has 3 nitrogen and oxygen atoms in total. The van der Waals surface area contributed by atoms with Gasteiger partial charge in [-0.2, -0.15) is 8.78 Å². The summed E-state index contributed by atoms with van der Waals surface area (Å²) in [6, 6.07) is 0. The van der Waals surface area contributed by atoms with Crippen LogP contribution < -0.4 is 0 Å². The fourth-order valence-corrected chi connectivity index (χ4v) is 1.36. The van der Waals surface area contributed by atoms with Crippen molar-refractivity contribution in [1.82, 2.24) is 0 Å². The summed E-state index contributed by atoms with van der Waals surface area (Å²) in [5.41, 5.74) is 0. The zero-order valence-corrected chi connectivity index (χ0v) is 7.80. The number of carbonyl (C=O) groups excluding carboxylic acids is 1. The van der Waals surface area contributed by atoms with Crippen molar-refractivity contribution in [3.8, 4) is 0 Å². The van der Waals surface area contributed by atoms with Gasteiger partial charge in [0.2, 0.25) is 12.5 Å². The molecule has 0 aromatic heterocycles. The average Bonchev–Trinajstić information content (AvgIpc) is 2.27. The van der Waals surface area contributed by atoms with Gasteiger partial charge in [0.25, 0.3) is 0 Å². The van der Waals surface area contributed by atoms with Gasteiger partial charge in [-0.05, 0) is 6.42 Å². The van der Waals surface area contributed by atoms with Crippen LogP contribution in [0.15, 0.2) is 0 Å². The van der Waals surface area contributed by atoms with Crippen molar-refractivity contribution in [3.63, 3.8) is 0 Å². The summed E-state index contributed by atoms with van der Waals surface area (Å²) in [4.78, 5) is 10.5. The second-order valence-corrected chi connectivity index (χ2v) is 3.09. The van der Waals surface area contributed by atoms with Crippen LogP contribution in [-0.2, 0) is 14.3 Å². The predicted molar refractivity (Wildman–Crippen MR) is 40.6 cm³/mol. The Morgan fingerprint density at radius 1 is 1.57 bits per heavy atom. The van der Waals surface area contributed by atoms with Crippen molar-refractivity contribution >= 4 is 5.97 Å². The fraction of sp³-hybridized carbons (Fsp3) is 0.875. The van der Waals surface area contributed by atoms with E-state index in [-0.39, 0.29) is 6.42 Å². The Morgan fingerprint density at radius 2 is 2.14 bits per heavy atom. The normalized spacial score (nSPS) is 35.6. The van der Waals surface area contributed by atoms with E-state index in [4.69, 9.17) is 0 Å². The van der Waals surface area contributed by atoms with Crippen LogP contribution in [0.25, 0.3) is 0 Å². The Morgan fingerprint density at radius 3 is 2.50 bits per heavy atom. The van der Waals surface area contributed by atoms with Crippen LogP contribution >= 0.6 is 0 Å². The summed E-state index contributed by atoms with van der Waals surface area (Å²) in [5, 5.41) is 0. The molecule has 3 atom stereocenters. The van der Waals surface area contributed by atoms with Crippen molar-refractivity contribution in [2.45, 2.75) is 44.8 Å². The number of halogens is 3. The molecule has 0 amide bonds. The lowest BCUT2D eigenvalue weighted by Gasteiger charge is -2.20. The van der Waals surface area contributed by atoms with Gasteiger partial charge in [-0.15, -0.1) is 0 Å². The number of ether oxygens (including phenoxy) is 2. The summed E-state index contributed by atoms with van der Waals surface area (Å²) < 4.78 is 47.9. The minimum atomic E-state index is -3.46. The zero-order valence-electron chi connectivity index (χ0n) is 7.80. The predicted octanol–water partition coefficient (Wildman–Crippen LogP) is 1.66. The highest BCUT2D eigenvalue weighted by molar-refractivity contribution is 5.66. The van der Waals surface area contributed by atoms with Gasteiger partial charge in [0, 0.05) is 6.92 Å². The van der Waals surface area contributed by atoms with E-state index in [9.17, 15) is 18.0 Å². The highest BCUT2D eigenvalue weighted by Gasteiger charge is 2.60. The molecule has 1 heterocycles. The molecule has 0 spiro atoms. The molecule has 0 N–H and O–H groups in total. The van der Waals surface area contributed by atoms with Gasteiger partial charge in [-0.25, -0.2) is 4.39 Å². The molecule has 0 bridgehead atoms. The third kappa shape index (κ3) is 1.84. The number of carbonyl (C=O) groups is 1. The van der Waals surface area contributed by atoms with E-state index in [1.54, 1.807) is 0 Å². The molecule has 82 valence electrons. The number of alkyl halides is 3. The van der Waals surface area contributed by atoms with Crippen LogP contribution in [0.2, 0.25) is 0 Å². The van der Waals surface area contributed by atoms with Gasteiger partial charge in [-0.3, -0.25) is 4.79 Å². The van der Waals surface area contributed by atoms with Gasteiger partial charge in [0.05, 0.1) is 0 Å². The first kappa shape index (κ1) is 11.3. The third-order valence-corrected chi connectivity index (χ3v) is 2.00. The minimum absolute atomic E-state index is 0.0365. The molecule has 0 aliphatic carbocycles. The molecule has 0 aromatic carbocycles. The van der Waals surface area contributed by atoms with Crippen LogP contribution in [0, 0.1) is 0 Å². The maximum atomic E-state index is 13.2. The average molecular weight is 212 g/mol. The molecule has 1 fully saturated rings. The molecule has 1 aliphatic heterocycles. The van der Waals surface area contributed by atoms with Crippen molar-refractivity contribution < 1.29 is 27.4 Å². The van der Waals surface area contributed by atoms with Gasteiger partial charge in [-0.1, -0.05) is 6.92 Å². The summed E-state index contributed by atoms with van der Waals surface area (Å²) in [5.74, 6) is -4.41. The van der Waals surface area contributed by atoms with E-state index in [2.05, 4.69) is 9.47 Å². The minimum Gasteiger partial charge on any atom is -0.450 e. The molecule has 0 unspecified atom stereocenters. The van der Waals surface area contributed by atoms with Crippen molar-refractivity contribution in [1.29, 1.82) is 0 Å². The third-order valence-electron chi connectivity index (χ3n) is 2.00. The maximum absolute atomic E-state index is 13.2. The van der Waals surface area contributed by atoms with Crippen LogP contribution in [0.5, 0.6) is 0 Å². The van der Waals surface area contributed by atoms with E-state index in [0.29, 0.717) is 0 Å². The number of esters is 1. The molecule has 1 rings (SSSR count). The van der Waals surface area contributed by atoms with Crippen molar-refractivity contribution in [2.24, 2.45) is 0 Å². The first-order valence-electron chi connectivity index (χ1n) is 4.24. The molecule has 1 saturated heterocycles. The van der Waals surface area contributed by atoms with Crippen molar-refractivity contribution in [2.75, 3.05) is 0 Å². The molecule has 1 aliphatic rings. The molecule has 0 saturated carbocycles. The largest absolute Gasteiger partial charge is 0.450 e. The van der Waals surface area contributed by atoms with E-state index < -0.39 is 30.5 Å². The number of hydrogen-bond acceptors (Lipinski definition) is 3. The van der Waals surface area contributed by atoms with E-state index in [1.165, 1.54) is 6.92 Å². The molecular weight excluding hydrogens is 201 g/mol. The zero-order chi connectivity index (χ0) is 10.9. The van der Waals surface area contributed by atoms with Crippen LogP contribution in [0.4, 0.5) is 13.2 Å². The molecular formula is C8H11F3O3. The second kappa shape index (κ2) is 3.76. The Bertz CT molecular complexity index is 232. The number of hydrogen-bond donors (Lipinski definition) is 0. The smallest absolute Gasteiger partial charge is 0.315 e. The van der Waals surface area contributed by atoms with Gasteiger partial charge in [0.1, 0.15) is 6.10 Å². The highest BCUT2D eigenvalue weighted by Crippen LogP contribution is 2.40. The van der Waals surface area contributed by atoms with Crippen LogP contribution in [0.3, 0.4) is 0 Å². The SMILES string of the molecule is CC[C@H]1O[C@@H](F)[C@H](OC(C)=O)C1(F)F. The Balaban J connectivity index is 2.78. The first-order chi connectivity index (χ1) is 6.39. The Hall–Kier alpha value is -0.780. The lowest BCUT2D eigenvalue weighted by molar-refractivity contribution is -0.173. The van der Waals surface area contributed by atoms with Gasteiger partial charge in [0.15, 0.2) is 0 Å². The second-order valence-electron chi connectivity index (χ2n) is 3.09. The van der Waals surface area contributed by atoms with E-state index in [1.807, 2.05) is 0 Å². The van der Waals surface area contributed by atoms with Crippen molar-refractivity contribution in [3.05, 3.63) is 0 Å². The highest BCUT2D eigenvalue weighted by atomic mass is 19.3. The lowest BCUT2D eigenvalue weighted by Crippen LogP contribution is -2.41. The molecule has 6 heteroatoms. The summed E-state index contributed by atoms with van der Waals surface area (Å²) in [7, 11) is 0. The molecule has 0 aromatic rings. The van der Waals surface area contributed by atoms with E-state index in [0.717, 1.165) is 6.92 Å². The summed E-state index contributed by atoms with van der Waals surface area (Å²) in [6.45, 7) is 2.39. The van der Waals surface area contributed by atoms with Gasteiger partial charge >= 0.3 is 11.9 Å². The van der Waals surface area contributed by atoms with Gasteiger partial charge < -0.3 is 9.47 Å². The quantitative estimate of drug-likeness (QED) is 0.653. The number of rotatable bonds is 2. The summed E-state index contributed by atoms with van der Waals surface area (Å²) in [6.07, 6.45) is -5.93. The Kier molecular flexibility index (Phi) is 3.04. The monoisotopic (exact) mass is 212 g/mol. The first-order valence-corrected chi connectivity index (χ1v) is 4.24. The lowest BCUT2D eigenvalue weighted by atomic mass is 10.1. The van der Waals surface area contributed by atoms with Crippen LogP contribution in [0.1, 0.15) is 20.3 Å². The molecule has 14 heavy (non-hydrogen) atoms. The standard InChI is InChI=1S/C8H11F3O3/c1-3-5-8(10,11)6(7(9)14-5)13-4(2)12/h5-7H,3H2,1-2H3/t5-,6+,7-/m1/s1. The fourth-order valence-electron chi connectivity index (χ4n) is 1.36.